The van der Waals surface area contributed by atoms with E-state index in [4.69, 9.17) is 0 Å². The Hall–Kier alpha value is -0.890. The Bertz CT molecular complexity index is 407. The quantitative estimate of drug-likeness (QED) is 0.314. The molecule has 0 radical (unpaired) electrons. The highest BCUT2D eigenvalue weighted by atomic mass is 127. The van der Waals surface area contributed by atoms with Crippen molar-refractivity contribution < 1.29 is 4.39 Å². The molecule has 0 amide bonds. The molecule has 0 bridgehead atoms. The summed E-state index contributed by atoms with van der Waals surface area (Å²) in [6.45, 7) is 2.73. The number of guanidine groups is 1. The molecule has 6 heteroatoms. The summed E-state index contributed by atoms with van der Waals surface area (Å²) in [6.07, 6.45) is 1.92. The van der Waals surface area contributed by atoms with Gasteiger partial charge in [-0.15, -0.1) is 24.0 Å². The van der Waals surface area contributed by atoms with Crippen LogP contribution in [-0.2, 0) is 6.42 Å². The average Bonchev–Trinajstić information content (AvgIpc) is 2.43. The maximum absolute atomic E-state index is 12.8. The zero-order valence-corrected chi connectivity index (χ0v) is 15.4. The van der Waals surface area contributed by atoms with E-state index in [1.54, 1.807) is 7.05 Å². The van der Waals surface area contributed by atoms with E-state index >= 15 is 0 Å². The third kappa shape index (κ3) is 9.62. The van der Waals surface area contributed by atoms with Crippen LogP contribution in [0.15, 0.2) is 29.3 Å². The van der Waals surface area contributed by atoms with Crippen molar-refractivity contribution in [1.29, 1.82) is 0 Å². The lowest BCUT2D eigenvalue weighted by atomic mass is 10.1. The number of benzene rings is 1. The summed E-state index contributed by atoms with van der Waals surface area (Å²) >= 11 is 0. The summed E-state index contributed by atoms with van der Waals surface area (Å²) in [5.41, 5.74) is 1.11. The fourth-order valence-electron chi connectivity index (χ4n) is 1.80. The predicted molar refractivity (Wildman–Crippen MR) is 98.1 cm³/mol. The highest BCUT2D eigenvalue weighted by Crippen LogP contribution is 2.02. The van der Waals surface area contributed by atoms with Crippen LogP contribution in [0.25, 0.3) is 0 Å². The molecule has 0 saturated heterocycles. The molecule has 4 nitrogen and oxygen atoms in total. The van der Waals surface area contributed by atoms with Crippen LogP contribution in [0.2, 0.25) is 0 Å². The molecule has 1 rings (SSSR count). The molecule has 0 spiro atoms. The van der Waals surface area contributed by atoms with Gasteiger partial charge in [-0.2, -0.15) is 0 Å². The third-order valence-electron chi connectivity index (χ3n) is 2.92. The Morgan fingerprint density at radius 3 is 2.33 bits per heavy atom. The van der Waals surface area contributed by atoms with E-state index in [0.29, 0.717) is 0 Å². The average molecular weight is 408 g/mol. The monoisotopic (exact) mass is 408 g/mol. The fraction of sp³-hybridized carbons (Fsp3) is 0.533. The number of aliphatic imine (C=N–C) groups is 1. The van der Waals surface area contributed by atoms with Gasteiger partial charge in [0.25, 0.3) is 0 Å². The second-order valence-corrected chi connectivity index (χ2v) is 4.96. The van der Waals surface area contributed by atoms with E-state index in [9.17, 15) is 4.39 Å². The predicted octanol–water partition coefficient (Wildman–Crippen LogP) is 2.10. The first-order valence-corrected chi connectivity index (χ1v) is 6.95. The van der Waals surface area contributed by atoms with Crippen molar-refractivity contribution in [2.45, 2.75) is 12.8 Å². The minimum atomic E-state index is -0.194. The van der Waals surface area contributed by atoms with Crippen molar-refractivity contribution in [1.82, 2.24) is 15.5 Å². The van der Waals surface area contributed by atoms with E-state index in [0.717, 1.165) is 44.0 Å². The van der Waals surface area contributed by atoms with Crippen LogP contribution in [0.3, 0.4) is 0 Å². The molecule has 0 aliphatic rings. The maximum Gasteiger partial charge on any atom is 0.190 e. The van der Waals surface area contributed by atoms with Gasteiger partial charge in [-0.05, 0) is 51.2 Å². The second-order valence-electron chi connectivity index (χ2n) is 4.96. The van der Waals surface area contributed by atoms with E-state index < -0.39 is 0 Å². The summed E-state index contributed by atoms with van der Waals surface area (Å²) in [7, 11) is 5.89. The minimum Gasteiger partial charge on any atom is -0.356 e. The topological polar surface area (TPSA) is 39.7 Å². The Kier molecular flexibility index (Phi) is 11.2. The van der Waals surface area contributed by atoms with Crippen LogP contribution in [0.4, 0.5) is 4.39 Å². The standard InChI is InChI=1S/C15H25FN4.HI/c1-17-15(18-10-4-12-20(2)3)19-11-9-13-5-7-14(16)8-6-13;/h5-8H,4,9-12H2,1-3H3,(H2,17,18,19);1H. The summed E-state index contributed by atoms with van der Waals surface area (Å²) in [4.78, 5) is 6.33. The van der Waals surface area contributed by atoms with Crippen LogP contribution < -0.4 is 10.6 Å². The Morgan fingerprint density at radius 1 is 1.14 bits per heavy atom. The molecule has 21 heavy (non-hydrogen) atoms. The van der Waals surface area contributed by atoms with Gasteiger partial charge in [0.2, 0.25) is 0 Å². The van der Waals surface area contributed by atoms with Crippen molar-refractivity contribution in [3.05, 3.63) is 35.6 Å². The molecule has 0 unspecified atom stereocenters. The fourth-order valence-corrected chi connectivity index (χ4v) is 1.80. The van der Waals surface area contributed by atoms with Crippen LogP contribution in [0, 0.1) is 5.82 Å². The molecular weight excluding hydrogens is 382 g/mol. The Morgan fingerprint density at radius 2 is 1.76 bits per heavy atom. The minimum absolute atomic E-state index is 0. The van der Waals surface area contributed by atoms with Crippen molar-refractivity contribution in [3.8, 4) is 0 Å². The third-order valence-corrected chi connectivity index (χ3v) is 2.92. The number of nitrogens with one attached hydrogen (secondary N) is 2. The molecule has 0 aliphatic carbocycles. The number of rotatable bonds is 7. The number of nitrogens with zero attached hydrogens (tertiary/aromatic N) is 2. The van der Waals surface area contributed by atoms with Gasteiger partial charge in [0, 0.05) is 20.1 Å². The molecule has 2 N–H and O–H groups in total. The Balaban J connectivity index is 0.00000400. The lowest BCUT2D eigenvalue weighted by Gasteiger charge is -2.13. The number of halogens is 2. The van der Waals surface area contributed by atoms with E-state index in [1.807, 2.05) is 12.1 Å². The lowest BCUT2D eigenvalue weighted by Crippen LogP contribution is -2.39. The molecule has 0 saturated carbocycles. The van der Waals surface area contributed by atoms with Gasteiger partial charge in [0.1, 0.15) is 5.82 Å². The van der Waals surface area contributed by atoms with E-state index in [-0.39, 0.29) is 29.8 Å². The van der Waals surface area contributed by atoms with Crippen molar-refractivity contribution in [2.24, 2.45) is 4.99 Å². The summed E-state index contributed by atoms with van der Waals surface area (Å²) in [5.74, 6) is 0.617. The molecule has 0 aromatic heterocycles. The van der Waals surface area contributed by atoms with Crippen LogP contribution in [0.1, 0.15) is 12.0 Å². The van der Waals surface area contributed by atoms with Crippen LogP contribution in [0.5, 0.6) is 0 Å². The molecule has 0 fully saturated rings. The van der Waals surface area contributed by atoms with E-state index in [1.165, 1.54) is 12.1 Å². The molecule has 0 atom stereocenters. The van der Waals surface area contributed by atoms with Gasteiger partial charge < -0.3 is 15.5 Å². The first-order valence-electron chi connectivity index (χ1n) is 6.95. The SMILES string of the molecule is CN=C(NCCCN(C)C)NCCc1ccc(F)cc1.I. The highest BCUT2D eigenvalue weighted by Gasteiger charge is 1.98. The zero-order chi connectivity index (χ0) is 14.8. The van der Waals surface area contributed by atoms with Crippen molar-refractivity contribution in [3.63, 3.8) is 0 Å². The molecule has 0 heterocycles. The largest absolute Gasteiger partial charge is 0.356 e. The molecule has 120 valence electrons. The first kappa shape index (κ1) is 20.1. The van der Waals surface area contributed by atoms with Crippen LogP contribution in [-0.4, -0.2) is 51.6 Å². The molecular formula is C15H26FIN4. The van der Waals surface area contributed by atoms with Gasteiger partial charge in [-0.25, -0.2) is 4.39 Å². The van der Waals surface area contributed by atoms with Gasteiger partial charge in [0.05, 0.1) is 0 Å². The zero-order valence-electron chi connectivity index (χ0n) is 13.0. The summed E-state index contributed by atoms with van der Waals surface area (Å²) in [6, 6.07) is 6.60. The number of hydrogen-bond donors (Lipinski definition) is 2. The first-order chi connectivity index (χ1) is 9.61. The second kappa shape index (κ2) is 11.7. The van der Waals surface area contributed by atoms with Gasteiger partial charge in [0.15, 0.2) is 5.96 Å². The Labute approximate surface area is 144 Å². The van der Waals surface area contributed by atoms with Crippen molar-refractivity contribution >= 4 is 29.9 Å². The molecule has 1 aromatic carbocycles. The smallest absolute Gasteiger partial charge is 0.190 e. The van der Waals surface area contributed by atoms with Crippen molar-refractivity contribution in [2.75, 3.05) is 40.8 Å². The lowest BCUT2D eigenvalue weighted by molar-refractivity contribution is 0.399. The summed E-state index contributed by atoms with van der Waals surface area (Å²) < 4.78 is 12.8. The van der Waals surface area contributed by atoms with Crippen LogP contribution >= 0.6 is 24.0 Å². The number of hydrogen-bond acceptors (Lipinski definition) is 2. The summed E-state index contributed by atoms with van der Waals surface area (Å²) in [5, 5.41) is 6.52. The van der Waals surface area contributed by atoms with Gasteiger partial charge in [-0.3, -0.25) is 4.99 Å². The normalized spacial score (nSPS) is 11.2. The molecule has 1 aromatic rings. The van der Waals surface area contributed by atoms with Gasteiger partial charge in [-0.1, -0.05) is 12.1 Å². The van der Waals surface area contributed by atoms with E-state index in [2.05, 4.69) is 34.6 Å². The molecule has 0 aliphatic heterocycles. The highest BCUT2D eigenvalue weighted by molar-refractivity contribution is 14.0. The van der Waals surface area contributed by atoms with Gasteiger partial charge >= 0.3 is 0 Å². The maximum atomic E-state index is 12.8.